The average molecular weight is 300 g/mol. The fourth-order valence-electron chi connectivity index (χ4n) is 3.64. The van der Waals surface area contributed by atoms with Gasteiger partial charge in [0.1, 0.15) is 11.7 Å². The topological polar surface area (TPSA) is 92.9 Å². The van der Waals surface area contributed by atoms with Gasteiger partial charge in [-0.2, -0.15) is 0 Å². The number of carbonyl (C=O) groups is 1. The van der Waals surface area contributed by atoms with E-state index in [1.165, 1.54) is 0 Å². The third-order valence-corrected chi connectivity index (χ3v) is 4.34. The van der Waals surface area contributed by atoms with Gasteiger partial charge in [-0.3, -0.25) is 10.1 Å². The Morgan fingerprint density at radius 2 is 1.90 bits per heavy atom. The number of ether oxygens (including phenoxy) is 1. The fourth-order valence-corrected chi connectivity index (χ4v) is 3.64. The molecule has 1 aliphatic heterocycles. The van der Waals surface area contributed by atoms with Crippen LogP contribution in [0.2, 0.25) is 0 Å². The standard InChI is InChI=1S/C14H24N2O5/c1-14(2,3)21-13(18)15-6-9-4-5-10(7-15)12(9)11(17)8-16(19)20/h9-12,17H,4-8H2,1-3H3/t9-,10+,11?,12?. The third-order valence-electron chi connectivity index (χ3n) is 4.34. The van der Waals surface area contributed by atoms with Gasteiger partial charge in [0.25, 0.3) is 0 Å². The van der Waals surface area contributed by atoms with Crippen LogP contribution >= 0.6 is 0 Å². The summed E-state index contributed by atoms with van der Waals surface area (Å²) in [6.45, 7) is 6.10. The highest BCUT2D eigenvalue weighted by molar-refractivity contribution is 5.68. The van der Waals surface area contributed by atoms with Crippen molar-refractivity contribution in [1.29, 1.82) is 0 Å². The SMILES string of the molecule is CC(C)(C)OC(=O)N1C[C@H]2CC[C@@H](C1)C2C(O)C[N+](=O)[O-]. The van der Waals surface area contributed by atoms with Crippen molar-refractivity contribution in [2.24, 2.45) is 17.8 Å². The first kappa shape index (κ1) is 16.0. The Labute approximate surface area is 124 Å². The van der Waals surface area contributed by atoms with E-state index in [0.29, 0.717) is 13.1 Å². The Kier molecular flexibility index (Phi) is 4.41. The minimum Gasteiger partial charge on any atom is -0.444 e. The second-order valence-electron chi connectivity index (χ2n) is 7.14. The number of aliphatic hydroxyl groups excluding tert-OH is 1. The van der Waals surface area contributed by atoms with Gasteiger partial charge in [0, 0.05) is 23.9 Å². The highest BCUT2D eigenvalue weighted by Crippen LogP contribution is 2.44. The lowest BCUT2D eigenvalue weighted by molar-refractivity contribution is -0.493. The normalized spacial score (nSPS) is 30.1. The first-order valence-corrected chi connectivity index (χ1v) is 7.45. The zero-order valence-electron chi connectivity index (χ0n) is 12.8. The van der Waals surface area contributed by atoms with Crippen molar-refractivity contribution >= 4 is 6.09 Å². The molecule has 0 aromatic carbocycles. The summed E-state index contributed by atoms with van der Waals surface area (Å²) in [6.07, 6.45) is 0.562. The molecule has 7 nitrogen and oxygen atoms in total. The molecule has 1 N–H and O–H groups in total. The maximum atomic E-state index is 12.1. The summed E-state index contributed by atoms with van der Waals surface area (Å²) < 4.78 is 5.38. The number of nitrogens with zero attached hydrogens (tertiary/aromatic N) is 2. The first-order valence-electron chi connectivity index (χ1n) is 7.45. The van der Waals surface area contributed by atoms with Crippen LogP contribution in [-0.4, -0.2) is 52.4 Å². The second kappa shape index (κ2) is 5.79. The van der Waals surface area contributed by atoms with Crippen LogP contribution in [0.25, 0.3) is 0 Å². The molecule has 2 fully saturated rings. The molecule has 2 bridgehead atoms. The van der Waals surface area contributed by atoms with Gasteiger partial charge in [-0.1, -0.05) is 0 Å². The molecule has 1 saturated carbocycles. The average Bonchev–Trinajstić information content (AvgIpc) is 2.57. The monoisotopic (exact) mass is 300 g/mol. The van der Waals surface area contributed by atoms with E-state index in [2.05, 4.69) is 0 Å². The summed E-state index contributed by atoms with van der Waals surface area (Å²) in [7, 11) is 0. The van der Waals surface area contributed by atoms with Crippen LogP contribution in [-0.2, 0) is 4.74 Å². The fraction of sp³-hybridized carbons (Fsp3) is 0.929. The molecule has 1 amide bonds. The number of aliphatic hydroxyl groups is 1. The van der Waals surface area contributed by atoms with Crippen molar-refractivity contribution in [2.75, 3.05) is 19.6 Å². The summed E-state index contributed by atoms with van der Waals surface area (Å²) in [5.74, 6) is 0.187. The summed E-state index contributed by atoms with van der Waals surface area (Å²) >= 11 is 0. The summed E-state index contributed by atoms with van der Waals surface area (Å²) in [6, 6.07) is 0. The number of hydrogen-bond acceptors (Lipinski definition) is 5. The lowest BCUT2D eigenvalue weighted by Crippen LogP contribution is -2.50. The molecule has 1 aliphatic carbocycles. The number of amides is 1. The van der Waals surface area contributed by atoms with Gasteiger partial charge >= 0.3 is 6.09 Å². The van der Waals surface area contributed by atoms with Crippen molar-refractivity contribution in [3.8, 4) is 0 Å². The van der Waals surface area contributed by atoms with E-state index in [9.17, 15) is 20.0 Å². The van der Waals surface area contributed by atoms with E-state index in [0.717, 1.165) is 12.8 Å². The molecule has 0 aromatic rings. The molecule has 2 rings (SSSR count). The van der Waals surface area contributed by atoms with Crippen molar-refractivity contribution in [1.82, 2.24) is 4.90 Å². The Balaban J connectivity index is 1.98. The highest BCUT2D eigenvalue weighted by Gasteiger charge is 2.48. The van der Waals surface area contributed by atoms with Crippen LogP contribution in [0.5, 0.6) is 0 Å². The van der Waals surface area contributed by atoms with Crippen LogP contribution < -0.4 is 0 Å². The molecule has 0 radical (unpaired) electrons. The zero-order valence-corrected chi connectivity index (χ0v) is 12.8. The number of carbonyl (C=O) groups excluding carboxylic acids is 1. The summed E-state index contributed by atoms with van der Waals surface area (Å²) in [5, 5.41) is 20.6. The lowest BCUT2D eigenvalue weighted by atomic mass is 9.81. The van der Waals surface area contributed by atoms with Gasteiger partial charge in [-0.25, -0.2) is 4.79 Å². The van der Waals surface area contributed by atoms with E-state index in [1.54, 1.807) is 4.90 Å². The van der Waals surface area contributed by atoms with Gasteiger partial charge in [0.2, 0.25) is 6.54 Å². The van der Waals surface area contributed by atoms with Crippen molar-refractivity contribution in [3.63, 3.8) is 0 Å². The number of nitro groups is 1. The third kappa shape index (κ3) is 3.84. The zero-order chi connectivity index (χ0) is 15.8. The van der Waals surface area contributed by atoms with Gasteiger partial charge < -0.3 is 14.7 Å². The Morgan fingerprint density at radius 1 is 1.38 bits per heavy atom. The summed E-state index contributed by atoms with van der Waals surface area (Å²) in [4.78, 5) is 23.9. The molecule has 1 heterocycles. The van der Waals surface area contributed by atoms with Gasteiger partial charge in [0.05, 0.1) is 0 Å². The van der Waals surface area contributed by atoms with E-state index in [4.69, 9.17) is 4.74 Å². The van der Waals surface area contributed by atoms with Crippen LogP contribution in [0.3, 0.4) is 0 Å². The molecule has 0 spiro atoms. The minimum absolute atomic E-state index is 0.0749. The van der Waals surface area contributed by atoms with E-state index in [1.807, 2.05) is 20.8 Å². The van der Waals surface area contributed by atoms with Crippen molar-refractivity contribution in [3.05, 3.63) is 10.1 Å². The first-order chi connectivity index (χ1) is 9.67. The smallest absolute Gasteiger partial charge is 0.410 e. The van der Waals surface area contributed by atoms with Gasteiger partial charge in [-0.15, -0.1) is 0 Å². The Bertz CT molecular complexity index is 406. The van der Waals surface area contributed by atoms with Crippen LogP contribution in [0, 0.1) is 27.9 Å². The number of fused-ring (bicyclic) bond motifs is 2. The number of likely N-dealkylation sites (tertiary alicyclic amines) is 1. The molecule has 4 atom stereocenters. The van der Waals surface area contributed by atoms with Gasteiger partial charge in [-0.05, 0) is 45.4 Å². The maximum Gasteiger partial charge on any atom is 0.410 e. The van der Waals surface area contributed by atoms with Crippen LogP contribution in [0.15, 0.2) is 0 Å². The van der Waals surface area contributed by atoms with Crippen molar-refractivity contribution in [2.45, 2.75) is 45.3 Å². The van der Waals surface area contributed by atoms with Crippen molar-refractivity contribution < 1.29 is 19.6 Å². The molecule has 120 valence electrons. The predicted octanol–water partition coefficient (Wildman–Crippen LogP) is 1.52. The molecule has 1 saturated heterocycles. The number of rotatable bonds is 3. The minimum atomic E-state index is -0.918. The Morgan fingerprint density at radius 3 is 2.33 bits per heavy atom. The number of piperidine rings is 1. The molecule has 21 heavy (non-hydrogen) atoms. The molecule has 2 aliphatic rings. The maximum absolute atomic E-state index is 12.1. The molecular weight excluding hydrogens is 276 g/mol. The predicted molar refractivity (Wildman–Crippen MR) is 75.4 cm³/mol. The molecular formula is C14H24N2O5. The van der Waals surface area contributed by atoms with Crippen LogP contribution in [0.1, 0.15) is 33.6 Å². The second-order valence-corrected chi connectivity index (χ2v) is 7.14. The van der Waals surface area contributed by atoms with E-state index in [-0.39, 0.29) is 23.8 Å². The molecule has 2 unspecified atom stereocenters. The highest BCUT2D eigenvalue weighted by atomic mass is 16.6. The van der Waals surface area contributed by atoms with E-state index < -0.39 is 23.2 Å². The molecule has 7 heteroatoms. The van der Waals surface area contributed by atoms with Gasteiger partial charge in [0.15, 0.2) is 0 Å². The molecule has 0 aromatic heterocycles. The Hall–Kier alpha value is -1.37. The summed E-state index contributed by atoms with van der Waals surface area (Å²) in [5.41, 5.74) is -0.530. The lowest BCUT2D eigenvalue weighted by Gasteiger charge is -2.39. The quantitative estimate of drug-likeness (QED) is 0.630. The van der Waals surface area contributed by atoms with Crippen LogP contribution in [0.4, 0.5) is 4.79 Å². The largest absolute Gasteiger partial charge is 0.444 e. The number of hydrogen-bond donors (Lipinski definition) is 1. The van der Waals surface area contributed by atoms with E-state index >= 15 is 0 Å².